The van der Waals surface area contributed by atoms with E-state index < -0.39 is 0 Å². The van der Waals surface area contributed by atoms with Gasteiger partial charge in [0.1, 0.15) is 5.78 Å². The molecule has 0 aliphatic heterocycles. The number of rotatable bonds is 5. The van der Waals surface area contributed by atoms with Crippen molar-refractivity contribution < 1.29 is 4.79 Å². The summed E-state index contributed by atoms with van der Waals surface area (Å²) in [4.78, 5) is 12.0. The van der Waals surface area contributed by atoms with E-state index in [1.165, 1.54) is 5.56 Å². The van der Waals surface area contributed by atoms with Crippen LogP contribution in [0.1, 0.15) is 46.6 Å². The molecule has 1 aromatic rings. The van der Waals surface area contributed by atoms with Crippen LogP contribution in [0.5, 0.6) is 0 Å². The SMILES string of the molecule is CC(C)C(=O)CC(C)(c1ccccc1)C(C)C. The van der Waals surface area contributed by atoms with Crippen molar-refractivity contribution in [3.63, 3.8) is 0 Å². The molecule has 0 saturated carbocycles. The van der Waals surface area contributed by atoms with Crippen LogP contribution in [-0.2, 0) is 10.2 Å². The molecule has 0 bridgehead atoms. The van der Waals surface area contributed by atoms with E-state index >= 15 is 0 Å². The lowest BCUT2D eigenvalue weighted by Crippen LogP contribution is -2.32. The molecular weight excluding hydrogens is 208 g/mol. The Hall–Kier alpha value is -1.11. The second kappa shape index (κ2) is 5.48. The average Bonchev–Trinajstić information content (AvgIpc) is 2.29. The molecule has 1 aromatic carbocycles. The summed E-state index contributed by atoms with van der Waals surface area (Å²) in [7, 11) is 0. The average molecular weight is 232 g/mol. The van der Waals surface area contributed by atoms with Crippen LogP contribution in [0.4, 0.5) is 0 Å². The van der Waals surface area contributed by atoms with Crippen molar-refractivity contribution in [3.8, 4) is 0 Å². The Morgan fingerprint density at radius 2 is 1.65 bits per heavy atom. The standard InChI is InChI=1S/C16H24O/c1-12(2)15(17)11-16(5,13(3)4)14-9-7-6-8-10-14/h6-10,12-13H,11H2,1-5H3. The molecule has 1 heteroatoms. The van der Waals surface area contributed by atoms with Gasteiger partial charge in [-0.25, -0.2) is 0 Å². The number of benzene rings is 1. The smallest absolute Gasteiger partial charge is 0.136 e. The highest BCUT2D eigenvalue weighted by Crippen LogP contribution is 2.36. The molecule has 1 rings (SSSR count). The minimum atomic E-state index is -0.0530. The molecule has 1 atom stereocenters. The van der Waals surface area contributed by atoms with Crippen molar-refractivity contribution in [2.45, 2.75) is 46.5 Å². The maximum atomic E-state index is 12.0. The van der Waals surface area contributed by atoms with Gasteiger partial charge in [0.05, 0.1) is 0 Å². The van der Waals surface area contributed by atoms with Crippen molar-refractivity contribution in [1.82, 2.24) is 0 Å². The Morgan fingerprint density at radius 1 is 1.12 bits per heavy atom. The molecule has 17 heavy (non-hydrogen) atoms. The minimum Gasteiger partial charge on any atom is -0.299 e. The van der Waals surface area contributed by atoms with Crippen molar-refractivity contribution in [3.05, 3.63) is 35.9 Å². The third kappa shape index (κ3) is 3.18. The van der Waals surface area contributed by atoms with E-state index in [1.807, 2.05) is 19.9 Å². The molecule has 0 spiro atoms. The zero-order chi connectivity index (χ0) is 13.1. The Kier molecular flexibility index (Phi) is 4.50. The maximum absolute atomic E-state index is 12.0. The molecule has 0 fully saturated rings. The second-order valence-corrected chi connectivity index (χ2v) is 5.74. The van der Waals surface area contributed by atoms with Crippen LogP contribution in [0.3, 0.4) is 0 Å². The van der Waals surface area contributed by atoms with E-state index in [4.69, 9.17) is 0 Å². The first-order valence-electron chi connectivity index (χ1n) is 6.46. The van der Waals surface area contributed by atoms with Crippen LogP contribution in [0.25, 0.3) is 0 Å². The predicted octanol–water partition coefficient (Wildman–Crippen LogP) is 4.22. The Morgan fingerprint density at radius 3 is 2.06 bits per heavy atom. The lowest BCUT2D eigenvalue weighted by atomic mass is 9.69. The molecule has 1 unspecified atom stereocenters. The van der Waals surface area contributed by atoms with Gasteiger partial charge in [-0.05, 0) is 11.5 Å². The predicted molar refractivity (Wildman–Crippen MR) is 73.1 cm³/mol. The minimum absolute atomic E-state index is 0.0530. The largest absolute Gasteiger partial charge is 0.299 e. The molecule has 0 radical (unpaired) electrons. The quantitative estimate of drug-likeness (QED) is 0.743. The van der Waals surface area contributed by atoms with Gasteiger partial charge in [0.15, 0.2) is 0 Å². The van der Waals surface area contributed by atoms with Crippen LogP contribution >= 0.6 is 0 Å². The fraction of sp³-hybridized carbons (Fsp3) is 0.562. The zero-order valence-corrected chi connectivity index (χ0v) is 11.7. The fourth-order valence-corrected chi connectivity index (χ4v) is 2.02. The fourth-order valence-electron chi connectivity index (χ4n) is 2.02. The van der Waals surface area contributed by atoms with Crippen molar-refractivity contribution in [2.75, 3.05) is 0 Å². The molecule has 0 aliphatic rings. The summed E-state index contributed by atoms with van der Waals surface area (Å²) in [5.74, 6) is 0.925. The highest BCUT2D eigenvalue weighted by atomic mass is 16.1. The molecule has 1 nitrogen and oxygen atoms in total. The van der Waals surface area contributed by atoms with E-state index in [-0.39, 0.29) is 11.3 Å². The van der Waals surface area contributed by atoms with Crippen LogP contribution in [0.2, 0.25) is 0 Å². The van der Waals surface area contributed by atoms with Crippen LogP contribution in [0.15, 0.2) is 30.3 Å². The van der Waals surface area contributed by atoms with Gasteiger partial charge in [-0.2, -0.15) is 0 Å². The van der Waals surface area contributed by atoms with Gasteiger partial charge in [-0.3, -0.25) is 4.79 Å². The van der Waals surface area contributed by atoms with Gasteiger partial charge in [0.2, 0.25) is 0 Å². The molecular formula is C16H24O. The molecule has 0 aromatic heterocycles. The topological polar surface area (TPSA) is 17.1 Å². The Balaban J connectivity index is 3.03. The molecule has 0 aliphatic carbocycles. The van der Waals surface area contributed by atoms with Gasteiger partial charge in [0, 0.05) is 17.8 Å². The summed E-state index contributed by atoms with van der Waals surface area (Å²) in [6.45, 7) is 10.6. The number of carbonyl (C=O) groups is 1. The van der Waals surface area contributed by atoms with E-state index in [0.29, 0.717) is 18.1 Å². The highest BCUT2D eigenvalue weighted by molar-refractivity contribution is 5.81. The maximum Gasteiger partial charge on any atom is 0.136 e. The number of hydrogen-bond acceptors (Lipinski definition) is 1. The van der Waals surface area contributed by atoms with Gasteiger partial charge in [-0.1, -0.05) is 65.0 Å². The lowest BCUT2D eigenvalue weighted by molar-refractivity contribution is -0.123. The van der Waals surface area contributed by atoms with E-state index in [1.54, 1.807) is 0 Å². The Bertz CT molecular complexity index is 364. The van der Waals surface area contributed by atoms with Crippen LogP contribution in [-0.4, -0.2) is 5.78 Å². The van der Waals surface area contributed by atoms with E-state index in [0.717, 1.165) is 0 Å². The van der Waals surface area contributed by atoms with Crippen LogP contribution < -0.4 is 0 Å². The summed E-state index contributed by atoms with van der Waals surface area (Å²) >= 11 is 0. The Labute approximate surface area is 105 Å². The monoisotopic (exact) mass is 232 g/mol. The summed E-state index contributed by atoms with van der Waals surface area (Å²) in [6, 6.07) is 10.4. The third-order valence-electron chi connectivity index (χ3n) is 3.89. The van der Waals surface area contributed by atoms with E-state index in [9.17, 15) is 4.79 Å². The highest BCUT2D eigenvalue weighted by Gasteiger charge is 2.33. The number of hydrogen-bond donors (Lipinski definition) is 0. The number of Topliss-reactive ketones (excluding diaryl/α,β-unsaturated/α-hetero) is 1. The molecule has 94 valence electrons. The zero-order valence-electron chi connectivity index (χ0n) is 11.7. The first-order valence-corrected chi connectivity index (χ1v) is 6.46. The molecule has 0 saturated heterocycles. The lowest BCUT2D eigenvalue weighted by Gasteiger charge is -2.34. The molecule has 0 N–H and O–H groups in total. The summed E-state index contributed by atoms with van der Waals surface area (Å²) < 4.78 is 0. The van der Waals surface area contributed by atoms with Gasteiger partial charge < -0.3 is 0 Å². The number of ketones is 1. The molecule has 0 amide bonds. The summed E-state index contributed by atoms with van der Waals surface area (Å²) in [5.41, 5.74) is 1.21. The van der Waals surface area contributed by atoms with Gasteiger partial charge in [0.25, 0.3) is 0 Å². The van der Waals surface area contributed by atoms with Crippen molar-refractivity contribution >= 4 is 5.78 Å². The third-order valence-corrected chi connectivity index (χ3v) is 3.89. The first-order chi connectivity index (χ1) is 7.88. The van der Waals surface area contributed by atoms with Crippen LogP contribution in [0, 0.1) is 11.8 Å². The van der Waals surface area contributed by atoms with E-state index in [2.05, 4.69) is 45.0 Å². The summed E-state index contributed by atoms with van der Waals surface area (Å²) in [5, 5.41) is 0. The van der Waals surface area contributed by atoms with Crippen molar-refractivity contribution in [2.24, 2.45) is 11.8 Å². The van der Waals surface area contributed by atoms with Crippen molar-refractivity contribution in [1.29, 1.82) is 0 Å². The summed E-state index contributed by atoms with van der Waals surface area (Å²) in [6.07, 6.45) is 0.631. The normalized spacial score (nSPS) is 15.0. The molecule has 0 heterocycles. The van der Waals surface area contributed by atoms with Gasteiger partial charge in [-0.15, -0.1) is 0 Å². The van der Waals surface area contributed by atoms with Gasteiger partial charge >= 0.3 is 0 Å². The second-order valence-electron chi connectivity index (χ2n) is 5.74. The first kappa shape index (κ1) is 14.0. The number of carbonyl (C=O) groups excluding carboxylic acids is 1.